The van der Waals surface area contributed by atoms with Crippen molar-refractivity contribution in [2.45, 2.75) is 25.3 Å². The lowest BCUT2D eigenvalue weighted by molar-refractivity contribution is -0.140. The number of thiol groups is 1. The second kappa shape index (κ2) is 4.55. The highest BCUT2D eigenvalue weighted by atomic mass is 32.2. The predicted molar refractivity (Wildman–Crippen MR) is 58.3 cm³/mol. The van der Waals surface area contributed by atoms with Gasteiger partial charge in [-0.2, -0.15) is 0 Å². The van der Waals surface area contributed by atoms with Crippen molar-refractivity contribution in [1.29, 1.82) is 0 Å². The van der Waals surface area contributed by atoms with Crippen molar-refractivity contribution in [3.8, 4) is 0 Å². The van der Waals surface area contributed by atoms with Gasteiger partial charge in [0.25, 0.3) is 0 Å². The van der Waals surface area contributed by atoms with Gasteiger partial charge in [0.05, 0.1) is 0 Å². The van der Waals surface area contributed by atoms with E-state index in [1.54, 1.807) is 13.8 Å². The third-order valence-corrected chi connectivity index (χ3v) is 4.02. The molecule has 0 aromatic carbocycles. The molecule has 0 aromatic heterocycles. The number of carbonyl (C=O) groups is 2. The van der Waals surface area contributed by atoms with Crippen molar-refractivity contribution in [3.63, 3.8) is 0 Å². The number of carbonyl (C=O) groups excluding carboxylic acids is 1. The molecule has 2 atom stereocenters. The van der Waals surface area contributed by atoms with Crippen LogP contribution in [0.4, 0.5) is 0 Å². The molecule has 1 aliphatic rings. The Morgan fingerprint density at radius 1 is 1.57 bits per heavy atom. The molecule has 1 heterocycles. The Bertz CT molecular complexity index is 257. The Labute approximate surface area is 92.6 Å². The Kier molecular flexibility index (Phi) is 3.86. The second-order valence-electron chi connectivity index (χ2n) is 3.48. The maximum atomic E-state index is 11.6. The molecule has 1 fully saturated rings. The molecule has 0 amide bonds. The normalized spacial score (nSPS) is 28.3. The third-order valence-electron chi connectivity index (χ3n) is 2.07. The lowest BCUT2D eigenvalue weighted by Crippen LogP contribution is -2.39. The van der Waals surface area contributed by atoms with E-state index >= 15 is 0 Å². The lowest BCUT2D eigenvalue weighted by atomic mass is 10.1. The molecule has 2 unspecified atom stereocenters. The summed E-state index contributed by atoms with van der Waals surface area (Å²) in [5, 5.41) is 8.39. The lowest BCUT2D eigenvalue weighted by Gasteiger charge is -2.20. The number of carboxylic acid groups (broad SMARTS) is 1. The summed E-state index contributed by atoms with van der Waals surface area (Å²) in [5.41, 5.74) is 0. The van der Waals surface area contributed by atoms with E-state index in [1.807, 2.05) is 0 Å². The molecule has 1 saturated heterocycles. The number of thioether (sulfide) groups is 1. The van der Waals surface area contributed by atoms with E-state index in [2.05, 4.69) is 12.8 Å². The van der Waals surface area contributed by atoms with Crippen LogP contribution in [0.15, 0.2) is 0 Å². The minimum absolute atomic E-state index is 0.0359. The van der Waals surface area contributed by atoms with E-state index in [1.165, 1.54) is 16.1 Å². The highest BCUT2D eigenvalue weighted by molar-refractivity contribution is 8.01. The van der Waals surface area contributed by atoms with Gasteiger partial charge in [0.2, 0.25) is 0 Å². The first kappa shape index (κ1) is 11.9. The van der Waals surface area contributed by atoms with Crippen LogP contribution in [0.2, 0.25) is 0 Å². The van der Waals surface area contributed by atoms with Gasteiger partial charge in [0.15, 0.2) is 5.78 Å². The number of Topliss-reactive ketones (excluding diaryl/α,β-unsaturated/α-hetero) is 1. The van der Waals surface area contributed by atoms with Crippen molar-refractivity contribution in [2.24, 2.45) is 5.92 Å². The molecule has 0 aromatic rings. The Balaban J connectivity index is 2.68. The van der Waals surface area contributed by atoms with Crippen molar-refractivity contribution in [3.05, 3.63) is 0 Å². The first-order valence-electron chi connectivity index (χ1n) is 4.30. The molecule has 1 aliphatic heterocycles. The van der Waals surface area contributed by atoms with Crippen molar-refractivity contribution in [1.82, 2.24) is 4.31 Å². The number of hydrogen-bond donors (Lipinski definition) is 2. The Morgan fingerprint density at radius 3 is 2.50 bits per heavy atom. The van der Waals surface area contributed by atoms with E-state index in [-0.39, 0.29) is 11.7 Å². The van der Waals surface area contributed by atoms with Crippen LogP contribution in [0.25, 0.3) is 0 Å². The molecule has 0 bridgehead atoms. The molecule has 1 N–H and O–H groups in total. The number of nitrogens with zero attached hydrogens (tertiary/aromatic N) is 1. The summed E-state index contributed by atoms with van der Waals surface area (Å²) in [6.07, 6.45) is 0. The quantitative estimate of drug-likeness (QED) is 0.711. The van der Waals surface area contributed by atoms with Gasteiger partial charge in [0, 0.05) is 11.7 Å². The molecule has 0 spiro atoms. The molecule has 80 valence electrons. The summed E-state index contributed by atoms with van der Waals surface area (Å²) in [6.45, 7) is 3.61. The van der Waals surface area contributed by atoms with E-state index in [4.69, 9.17) is 5.11 Å². The summed E-state index contributed by atoms with van der Waals surface area (Å²) in [4.78, 5) is 22.4. The van der Waals surface area contributed by atoms with Crippen LogP contribution in [0.1, 0.15) is 13.8 Å². The monoisotopic (exact) mass is 235 g/mol. The number of carboxylic acids is 1. The van der Waals surface area contributed by atoms with Crippen LogP contribution in [0.3, 0.4) is 0 Å². The molecule has 0 saturated carbocycles. The van der Waals surface area contributed by atoms with E-state index in [9.17, 15) is 9.59 Å². The summed E-state index contributed by atoms with van der Waals surface area (Å²) >= 11 is 5.41. The van der Waals surface area contributed by atoms with E-state index in [0.717, 1.165) is 0 Å². The number of hydrogen-bond acceptors (Lipinski definition) is 5. The minimum Gasteiger partial charge on any atom is -0.480 e. The van der Waals surface area contributed by atoms with Gasteiger partial charge in [-0.3, -0.25) is 9.59 Å². The number of rotatable bonds is 3. The average molecular weight is 235 g/mol. The highest BCUT2D eigenvalue weighted by Crippen LogP contribution is 2.32. The maximum Gasteiger partial charge on any atom is 0.322 e. The third kappa shape index (κ3) is 2.24. The van der Waals surface area contributed by atoms with E-state index in [0.29, 0.717) is 5.75 Å². The first-order valence-corrected chi connectivity index (χ1v) is 5.75. The molecular weight excluding hydrogens is 222 g/mol. The molecular formula is C8H13NO3S2. The van der Waals surface area contributed by atoms with Crippen molar-refractivity contribution >= 4 is 36.3 Å². The largest absolute Gasteiger partial charge is 0.480 e. The van der Waals surface area contributed by atoms with Crippen LogP contribution < -0.4 is 0 Å². The zero-order valence-corrected chi connectivity index (χ0v) is 9.72. The van der Waals surface area contributed by atoms with E-state index < -0.39 is 17.4 Å². The molecule has 4 nitrogen and oxygen atoms in total. The number of aliphatic carboxylic acids is 1. The van der Waals surface area contributed by atoms with Gasteiger partial charge in [0.1, 0.15) is 11.4 Å². The van der Waals surface area contributed by atoms with Crippen molar-refractivity contribution < 1.29 is 14.7 Å². The molecule has 6 heteroatoms. The summed E-state index contributed by atoms with van der Waals surface area (Å²) in [5.74, 6) is -0.558. The van der Waals surface area contributed by atoms with Gasteiger partial charge in [-0.1, -0.05) is 26.7 Å². The minimum atomic E-state index is -0.924. The SMILES string of the molecule is CC(C)C(=O)C1SCC(C(=O)O)N1S. The van der Waals surface area contributed by atoms with Gasteiger partial charge in [-0.25, -0.2) is 4.31 Å². The Morgan fingerprint density at radius 2 is 2.14 bits per heavy atom. The Hall–Kier alpha value is -0.200. The molecule has 1 rings (SSSR count). The number of ketones is 1. The highest BCUT2D eigenvalue weighted by Gasteiger charge is 2.41. The smallest absolute Gasteiger partial charge is 0.322 e. The second-order valence-corrected chi connectivity index (χ2v) is 5.05. The average Bonchev–Trinajstić information content (AvgIpc) is 2.45. The fourth-order valence-corrected chi connectivity index (χ4v) is 3.19. The standard InChI is InChI=1S/C8H13NO3S2/c1-4(2)6(10)7-9(13)5(3-14-7)8(11)12/h4-5,7,13H,3H2,1-2H3,(H,11,12). The van der Waals surface area contributed by atoms with Crippen LogP contribution in [-0.4, -0.2) is 38.3 Å². The predicted octanol–water partition coefficient (Wildman–Crippen LogP) is 0.884. The zero-order valence-electron chi connectivity index (χ0n) is 8.01. The van der Waals surface area contributed by atoms with Crippen LogP contribution in [0, 0.1) is 5.92 Å². The van der Waals surface area contributed by atoms with Crippen molar-refractivity contribution in [2.75, 3.05) is 5.75 Å². The molecule has 14 heavy (non-hydrogen) atoms. The van der Waals surface area contributed by atoms with Crippen LogP contribution in [-0.2, 0) is 9.59 Å². The van der Waals surface area contributed by atoms with Gasteiger partial charge >= 0.3 is 5.97 Å². The maximum absolute atomic E-state index is 11.6. The summed E-state index contributed by atoms with van der Waals surface area (Å²) < 4.78 is 1.34. The van der Waals surface area contributed by atoms with Crippen LogP contribution >= 0.6 is 24.6 Å². The van der Waals surface area contributed by atoms with Crippen LogP contribution in [0.5, 0.6) is 0 Å². The zero-order chi connectivity index (χ0) is 10.9. The van der Waals surface area contributed by atoms with Gasteiger partial charge < -0.3 is 5.11 Å². The first-order chi connectivity index (χ1) is 6.45. The topological polar surface area (TPSA) is 57.6 Å². The molecule has 0 aliphatic carbocycles. The fraction of sp³-hybridized carbons (Fsp3) is 0.750. The van der Waals surface area contributed by atoms with Gasteiger partial charge in [-0.05, 0) is 0 Å². The summed E-state index contributed by atoms with van der Waals surface area (Å²) in [6, 6.07) is -0.656. The fourth-order valence-electron chi connectivity index (χ4n) is 1.18. The van der Waals surface area contributed by atoms with Gasteiger partial charge in [-0.15, -0.1) is 11.8 Å². The summed E-state index contributed by atoms with van der Waals surface area (Å²) in [7, 11) is 0. The molecule has 0 radical (unpaired) electrons.